The van der Waals surface area contributed by atoms with Crippen molar-refractivity contribution in [2.24, 2.45) is 5.92 Å². The Morgan fingerprint density at radius 3 is 2.93 bits per heavy atom. The third-order valence-electron chi connectivity index (χ3n) is 2.94. The van der Waals surface area contributed by atoms with Crippen LogP contribution in [0.25, 0.3) is 0 Å². The van der Waals surface area contributed by atoms with E-state index in [0.29, 0.717) is 12.3 Å². The number of rotatable bonds is 4. The first-order valence-electron chi connectivity index (χ1n) is 5.56. The highest BCUT2D eigenvalue weighted by molar-refractivity contribution is 5.81. The monoisotopic (exact) mass is 199 g/mol. The minimum atomic E-state index is 0.178. The van der Waals surface area contributed by atoms with Gasteiger partial charge in [-0.05, 0) is 19.9 Å². The summed E-state index contributed by atoms with van der Waals surface area (Å²) in [6.07, 6.45) is 5.25. The van der Waals surface area contributed by atoms with Gasteiger partial charge >= 0.3 is 0 Å². The molecule has 0 saturated heterocycles. The average molecular weight is 199 g/mol. The van der Waals surface area contributed by atoms with E-state index in [2.05, 4.69) is 0 Å². The summed E-state index contributed by atoms with van der Waals surface area (Å²) in [6, 6.07) is 0. The fourth-order valence-corrected chi connectivity index (χ4v) is 2.06. The third-order valence-corrected chi connectivity index (χ3v) is 2.94. The highest BCUT2D eigenvalue weighted by atomic mass is 16.3. The topological polar surface area (TPSA) is 40.5 Å². The first kappa shape index (κ1) is 11.7. The fraction of sp³-hybridized carbons (Fsp3) is 0.909. The Balaban J connectivity index is 2.36. The molecule has 0 aromatic carbocycles. The van der Waals surface area contributed by atoms with E-state index in [9.17, 15) is 4.79 Å². The van der Waals surface area contributed by atoms with Gasteiger partial charge in [-0.2, -0.15) is 0 Å². The number of aliphatic hydroxyl groups excluding tert-OH is 1. The van der Waals surface area contributed by atoms with Gasteiger partial charge in [-0.25, -0.2) is 0 Å². The number of carbonyl (C=O) groups excluding carboxylic acids is 1. The van der Waals surface area contributed by atoms with Crippen LogP contribution in [0.3, 0.4) is 0 Å². The first-order chi connectivity index (χ1) is 6.74. The van der Waals surface area contributed by atoms with Gasteiger partial charge in [-0.3, -0.25) is 4.79 Å². The molecule has 1 aliphatic rings. The van der Waals surface area contributed by atoms with E-state index in [-0.39, 0.29) is 12.5 Å². The molecule has 0 aromatic rings. The second-order valence-corrected chi connectivity index (χ2v) is 4.25. The zero-order valence-corrected chi connectivity index (χ0v) is 9.04. The second kappa shape index (κ2) is 6.14. The van der Waals surface area contributed by atoms with Gasteiger partial charge in [0.25, 0.3) is 0 Å². The van der Waals surface area contributed by atoms with Crippen LogP contribution < -0.4 is 0 Å². The van der Waals surface area contributed by atoms with E-state index < -0.39 is 0 Å². The molecule has 1 unspecified atom stereocenters. The van der Waals surface area contributed by atoms with Gasteiger partial charge < -0.3 is 10.0 Å². The molecular formula is C11H21NO2. The highest BCUT2D eigenvalue weighted by Crippen LogP contribution is 2.20. The van der Waals surface area contributed by atoms with Gasteiger partial charge in [0.05, 0.1) is 6.61 Å². The number of ketones is 1. The van der Waals surface area contributed by atoms with Gasteiger partial charge in [0.2, 0.25) is 0 Å². The van der Waals surface area contributed by atoms with Crippen molar-refractivity contribution in [3.05, 3.63) is 0 Å². The van der Waals surface area contributed by atoms with E-state index in [1.54, 1.807) is 0 Å². The van der Waals surface area contributed by atoms with E-state index >= 15 is 0 Å². The largest absolute Gasteiger partial charge is 0.395 e. The van der Waals surface area contributed by atoms with Crippen molar-refractivity contribution in [1.29, 1.82) is 0 Å². The van der Waals surface area contributed by atoms with Gasteiger partial charge in [0, 0.05) is 25.4 Å². The van der Waals surface area contributed by atoms with Crippen molar-refractivity contribution in [3.8, 4) is 0 Å². The van der Waals surface area contributed by atoms with Gasteiger partial charge in [-0.1, -0.05) is 12.8 Å². The minimum absolute atomic E-state index is 0.178. The number of likely N-dealkylation sites (N-methyl/N-ethyl adjacent to an activating group) is 1. The van der Waals surface area contributed by atoms with Crippen molar-refractivity contribution >= 4 is 5.78 Å². The molecule has 0 aromatic heterocycles. The SMILES string of the molecule is CN(CCO)CC1CCCCCC1=O. The highest BCUT2D eigenvalue weighted by Gasteiger charge is 2.21. The lowest BCUT2D eigenvalue weighted by molar-refractivity contribution is -0.123. The van der Waals surface area contributed by atoms with E-state index in [1.807, 2.05) is 11.9 Å². The molecule has 1 rings (SSSR count). The molecular weight excluding hydrogens is 178 g/mol. The molecule has 0 bridgehead atoms. The molecule has 82 valence electrons. The van der Waals surface area contributed by atoms with Crippen LogP contribution in [0.4, 0.5) is 0 Å². The maximum absolute atomic E-state index is 11.7. The molecule has 0 aliphatic heterocycles. The Kier molecular flexibility index (Phi) is 5.12. The van der Waals surface area contributed by atoms with Crippen molar-refractivity contribution in [2.45, 2.75) is 32.1 Å². The third kappa shape index (κ3) is 3.76. The summed E-state index contributed by atoms with van der Waals surface area (Å²) >= 11 is 0. The summed E-state index contributed by atoms with van der Waals surface area (Å²) in [5.41, 5.74) is 0. The van der Waals surface area contributed by atoms with Crippen molar-refractivity contribution < 1.29 is 9.90 Å². The predicted molar refractivity (Wildman–Crippen MR) is 56.2 cm³/mol. The molecule has 0 heterocycles. The smallest absolute Gasteiger partial charge is 0.137 e. The molecule has 1 saturated carbocycles. The van der Waals surface area contributed by atoms with Gasteiger partial charge in [0.1, 0.15) is 5.78 Å². The molecule has 1 fully saturated rings. The molecule has 0 amide bonds. The second-order valence-electron chi connectivity index (χ2n) is 4.25. The Bertz CT molecular complexity index is 182. The van der Waals surface area contributed by atoms with Crippen LogP contribution in [0.15, 0.2) is 0 Å². The number of hydrogen-bond donors (Lipinski definition) is 1. The maximum atomic E-state index is 11.7. The Morgan fingerprint density at radius 2 is 2.21 bits per heavy atom. The Hall–Kier alpha value is -0.410. The number of hydrogen-bond acceptors (Lipinski definition) is 3. The summed E-state index contributed by atoms with van der Waals surface area (Å²) in [4.78, 5) is 13.7. The lowest BCUT2D eigenvalue weighted by Crippen LogP contribution is -2.31. The zero-order valence-electron chi connectivity index (χ0n) is 9.04. The number of nitrogens with zero attached hydrogens (tertiary/aromatic N) is 1. The molecule has 1 atom stereocenters. The minimum Gasteiger partial charge on any atom is -0.395 e. The number of carbonyl (C=O) groups is 1. The quantitative estimate of drug-likeness (QED) is 0.688. The van der Waals surface area contributed by atoms with Crippen LogP contribution in [-0.4, -0.2) is 42.5 Å². The summed E-state index contributed by atoms with van der Waals surface area (Å²) < 4.78 is 0. The summed E-state index contributed by atoms with van der Waals surface area (Å²) in [7, 11) is 1.97. The summed E-state index contributed by atoms with van der Waals surface area (Å²) in [5, 5.41) is 8.76. The van der Waals surface area contributed by atoms with Crippen LogP contribution in [0.2, 0.25) is 0 Å². The maximum Gasteiger partial charge on any atom is 0.137 e. The number of Topliss-reactive ketones (excluding diaryl/α,β-unsaturated/α-hetero) is 1. The van der Waals surface area contributed by atoms with Crippen LogP contribution in [0, 0.1) is 5.92 Å². The van der Waals surface area contributed by atoms with Crippen LogP contribution in [0.5, 0.6) is 0 Å². The standard InChI is InChI=1S/C11H21NO2/c1-12(7-8-13)9-10-5-3-2-4-6-11(10)14/h10,13H,2-9H2,1H3. The van der Waals surface area contributed by atoms with Crippen molar-refractivity contribution in [2.75, 3.05) is 26.7 Å². The summed E-state index contributed by atoms with van der Waals surface area (Å²) in [5.74, 6) is 0.640. The molecule has 1 aliphatic carbocycles. The summed E-state index contributed by atoms with van der Waals surface area (Å²) in [6.45, 7) is 1.67. The molecule has 0 radical (unpaired) electrons. The normalized spacial score (nSPS) is 23.9. The van der Waals surface area contributed by atoms with E-state index in [1.165, 1.54) is 12.8 Å². The predicted octanol–water partition coefficient (Wildman–Crippen LogP) is 1.06. The molecule has 1 N–H and O–H groups in total. The Morgan fingerprint density at radius 1 is 1.43 bits per heavy atom. The molecule has 3 heteroatoms. The van der Waals surface area contributed by atoms with Gasteiger partial charge in [-0.15, -0.1) is 0 Å². The van der Waals surface area contributed by atoms with Gasteiger partial charge in [0.15, 0.2) is 0 Å². The van der Waals surface area contributed by atoms with Crippen LogP contribution in [-0.2, 0) is 4.79 Å². The molecule has 14 heavy (non-hydrogen) atoms. The van der Waals surface area contributed by atoms with E-state index in [4.69, 9.17) is 5.11 Å². The van der Waals surface area contributed by atoms with Crippen LogP contribution >= 0.6 is 0 Å². The van der Waals surface area contributed by atoms with Crippen LogP contribution in [0.1, 0.15) is 32.1 Å². The lowest BCUT2D eigenvalue weighted by Gasteiger charge is -2.21. The Labute approximate surface area is 86.1 Å². The average Bonchev–Trinajstić information content (AvgIpc) is 2.33. The lowest BCUT2D eigenvalue weighted by atomic mass is 9.98. The van der Waals surface area contributed by atoms with Crippen molar-refractivity contribution in [1.82, 2.24) is 4.90 Å². The number of aliphatic hydroxyl groups is 1. The van der Waals surface area contributed by atoms with E-state index in [0.717, 1.165) is 25.8 Å². The van der Waals surface area contributed by atoms with Crippen molar-refractivity contribution in [3.63, 3.8) is 0 Å². The molecule has 0 spiro atoms. The zero-order chi connectivity index (χ0) is 10.4. The molecule has 3 nitrogen and oxygen atoms in total. The fourth-order valence-electron chi connectivity index (χ4n) is 2.06. The first-order valence-corrected chi connectivity index (χ1v) is 5.56.